The van der Waals surface area contributed by atoms with Crippen LogP contribution in [0.1, 0.15) is 29.3 Å². The molecule has 0 radical (unpaired) electrons. The molecule has 1 unspecified atom stereocenters. The normalized spacial score (nSPS) is 13.0. The van der Waals surface area contributed by atoms with Gasteiger partial charge in [0, 0.05) is 50.2 Å². The van der Waals surface area contributed by atoms with Crippen molar-refractivity contribution in [3.05, 3.63) is 52.0 Å². The maximum absolute atomic E-state index is 4.46. The Balaban J connectivity index is 1.70. The fraction of sp³-hybridized carbons (Fsp3) is 0.500. The lowest BCUT2D eigenvalue weighted by atomic mass is 10.2. The molecule has 0 saturated carbocycles. The third kappa shape index (κ3) is 6.77. The van der Waals surface area contributed by atoms with Crippen molar-refractivity contribution in [2.75, 3.05) is 27.2 Å². The Morgan fingerprint density at radius 3 is 2.69 bits per heavy atom. The van der Waals surface area contributed by atoms with E-state index in [1.807, 2.05) is 13.2 Å². The van der Waals surface area contributed by atoms with E-state index < -0.39 is 0 Å². The third-order valence-electron chi connectivity index (χ3n) is 4.40. The summed E-state index contributed by atoms with van der Waals surface area (Å²) in [6.45, 7) is 7.02. The fourth-order valence-electron chi connectivity index (χ4n) is 2.56. The number of thiazole rings is 1. The minimum Gasteiger partial charge on any atom is -0.356 e. The van der Waals surface area contributed by atoms with Gasteiger partial charge < -0.3 is 10.6 Å². The van der Waals surface area contributed by atoms with Crippen LogP contribution in [0.2, 0.25) is 0 Å². The minimum absolute atomic E-state index is 0.403. The zero-order chi connectivity index (χ0) is 18.8. The first-order valence-electron chi connectivity index (χ1n) is 9.24. The van der Waals surface area contributed by atoms with Gasteiger partial charge >= 0.3 is 0 Å². The molecule has 0 aliphatic rings. The predicted molar refractivity (Wildman–Crippen MR) is 112 cm³/mol. The van der Waals surface area contributed by atoms with Crippen molar-refractivity contribution < 1.29 is 0 Å². The van der Waals surface area contributed by atoms with Crippen molar-refractivity contribution in [2.45, 2.75) is 39.3 Å². The highest BCUT2D eigenvalue weighted by Crippen LogP contribution is 2.13. The Hall–Kier alpha value is -1.92. The van der Waals surface area contributed by atoms with Gasteiger partial charge in [0.15, 0.2) is 5.96 Å². The third-order valence-corrected chi connectivity index (χ3v) is 5.60. The van der Waals surface area contributed by atoms with E-state index in [0.717, 1.165) is 38.4 Å². The van der Waals surface area contributed by atoms with Crippen molar-refractivity contribution in [2.24, 2.45) is 4.99 Å². The molecule has 26 heavy (non-hydrogen) atoms. The molecule has 1 atom stereocenters. The van der Waals surface area contributed by atoms with Gasteiger partial charge in [0.25, 0.3) is 0 Å². The van der Waals surface area contributed by atoms with Crippen LogP contribution in [0.25, 0.3) is 0 Å². The highest BCUT2D eigenvalue weighted by molar-refractivity contribution is 7.11. The van der Waals surface area contributed by atoms with Gasteiger partial charge in [0.2, 0.25) is 0 Å². The number of benzene rings is 1. The highest BCUT2D eigenvalue weighted by atomic mass is 32.1. The molecule has 0 bridgehead atoms. The smallest absolute Gasteiger partial charge is 0.191 e. The second-order valence-electron chi connectivity index (χ2n) is 6.45. The van der Waals surface area contributed by atoms with Crippen LogP contribution in [0.3, 0.4) is 0 Å². The maximum Gasteiger partial charge on any atom is 0.191 e. The summed E-state index contributed by atoms with van der Waals surface area (Å²) in [5.41, 5.74) is 1.33. The van der Waals surface area contributed by atoms with Crippen molar-refractivity contribution in [1.82, 2.24) is 20.5 Å². The number of guanidine groups is 1. The van der Waals surface area contributed by atoms with E-state index in [9.17, 15) is 0 Å². The Morgan fingerprint density at radius 2 is 2.04 bits per heavy atom. The summed E-state index contributed by atoms with van der Waals surface area (Å²) in [4.78, 5) is 12.5. The molecule has 0 aliphatic heterocycles. The van der Waals surface area contributed by atoms with Gasteiger partial charge in [-0.05, 0) is 26.0 Å². The topological polar surface area (TPSA) is 52.6 Å². The zero-order valence-electron chi connectivity index (χ0n) is 16.3. The number of likely N-dealkylation sites (N-methyl/N-ethyl adjacent to an activating group) is 1. The van der Waals surface area contributed by atoms with Crippen LogP contribution >= 0.6 is 11.3 Å². The first-order chi connectivity index (χ1) is 12.6. The molecule has 6 heteroatoms. The summed E-state index contributed by atoms with van der Waals surface area (Å²) in [5, 5.41) is 7.98. The zero-order valence-corrected chi connectivity index (χ0v) is 17.1. The molecule has 1 heterocycles. The second-order valence-corrected chi connectivity index (χ2v) is 7.65. The van der Waals surface area contributed by atoms with Gasteiger partial charge in [-0.2, -0.15) is 0 Å². The summed E-state index contributed by atoms with van der Waals surface area (Å²) in [7, 11) is 3.97. The molecule has 0 fully saturated rings. The van der Waals surface area contributed by atoms with Crippen LogP contribution in [-0.2, 0) is 19.4 Å². The molecule has 5 nitrogen and oxygen atoms in total. The molecule has 1 aromatic heterocycles. The minimum atomic E-state index is 0.403. The largest absolute Gasteiger partial charge is 0.356 e. The van der Waals surface area contributed by atoms with Crippen molar-refractivity contribution >= 4 is 17.3 Å². The van der Waals surface area contributed by atoms with Crippen molar-refractivity contribution in [3.8, 4) is 0 Å². The molecule has 0 aliphatic carbocycles. The summed E-state index contributed by atoms with van der Waals surface area (Å²) in [6.07, 6.45) is 3.97. The molecule has 1 aromatic carbocycles. The summed E-state index contributed by atoms with van der Waals surface area (Å²) in [6, 6.07) is 11.0. The number of hydrogen-bond donors (Lipinski definition) is 2. The van der Waals surface area contributed by atoms with Gasteiger partial charge in [-0.25, -0.2) is 4.98 Å². The lowest BCUT2D eigenvalue weighted by Crippen LogP contribution is -2.45. The molecular weight excluding hydrogens is 342 g/mol. The van der Waals surface area contributed by atoms with Crippen LogP contribution < -0.4 is 10.6 Å². The molecule has 2 rings (SSSR count). The van der Waals surface area contributed by atoms with E-state index in [0.29, 0.717) is 6.04 Å². The number of nitrogens with zero attached hydrogens (tertiary/aromatic N) is 3. The Kier molecular flexibility index (Phi) is 8.58. The first-order valence-corrected chi connectivity index (χ1v) is 10.1. The molecule has 142 valence electrons. The number of rotatable bonds is 9. The number of aryl methyl sites for hydroxylation is 1. The number of aromatic nitrogens is 1. The van der Waals surface area contributed by atoms with Gasteiger partial charge in [-0.3, -0.25) is 9.89 Å². The van der Waals surface area contributed by atoms with Gasteiger partial charge in [-0.15, -0.1) is 11.3 Å². The van der Waals surface area contributed by atoms with Crippen LogP contribution in [0.15, 0.2) is 41.5 Å². The molecule has 0 amide bonds. The van der Waals surface area contributed by atoms with Crippen LogP contribution in [0.4, 0.5) is 0 Å². The van der Waals surface area contributed by atoms with Crippen LogP contribution in [0, 0.1) is 0 Å². The van der Waals surface area contributed by atoms with Crippen LogP contribution in [-0.4, -0.2) is 49.1 Å². The van der Waals surface area contributed by atoms with Gasteiger partial charge in [0.05, 0.1) is 5.01 Å². The van der Waals surface area contributed by atoms with Crippen LogP contribution in [0.5, 0.6) is 0 Å². The Morgan fingerprint density at radius 1 is 1.27 bits per heavy atom. The van der Waals surface area contributed by atoms with Crippen molar-refractivity contribution in [3.63, 3.8) is 0 Å². The highest BCUT2D eigenvalue weighted by Gasteiger charge is 2.10. The van der Waals surface area contributed by atoms with E-state index in [1.165, 1.54) is 15.4 Å². The van der Waals surface area contributed by atoms with E-state index in [1.54, 1.807) is 11.3 Å². The quantitative estimate of drug-likeness (QED) is 0.524. The van der Waals surface area contributed by atoms with E-state index >= 15 is 0 Å². The molecule has 0 spiro atoms. The van der Waals surface area contributed by atoms with Crippen molar-refractivity contribution in [1.29, 1.82) is 0 Å². The predicted octanol–water partition coefficient (Wildman–Crippen LogP) is 2.93. The number of nitrogens with one attached hydrogen (secondary N) is 2. The van der Waals surface area contributed by atoms with Gasteiger partial charge in [-0.1, -0.05) is 37.3 Å². The molecule has 0 saturated heterocycles. The van der Waals surface area contributed by atoms with E-state index in [4.69, 9.17) is 0 Å². The average molecular weight is 374 g/mol. The Bertz CT molecular complexity index is 668. The summed E-state index contributed by atoms with van der Waals surface area (Å²) < 4.78 is 0. The SMILES string of the molecule is CCc1cnc(CCNC(=NC)NCC(C)N(C)Cc2ccccc2)s1. The Labute approximate surface area is 161 Å². The monoisotopic (exact) mass is 373 g/mol. The molecule has 2 aromatic rings. The van der Waals surface area contributed by atoms with E-state index in [-0.39, 0.29) is 0 Å². The first kappa shape index (κ1) is 20.4. The lowest BCUT2D eigenvalue weighted by molar-refractivity contribution is 0.249. The average Bonchev–Trinajstić information content (AvgIpc) is 3.13. The fourth-order valence-corrected chi connectivity index (χ4v) is 3.42. The second kappa shape index (κ2) is 10.9. The summed E-state index contributed by atoms with van der Waals surface area (Å²) >= 11 is 1.80. The van der Waals surface area contributed by atoms with Gasteiger partial charge in [0.1, 0.15) is 0 Å². The number of hydrogen-bond acceptors (Lipinski definition) is 4. The molecule has 2 N–H and O–H groups in total. The summed E-state index contributed by atoms with van der Waals surface area (Å²) in [5.74, 6) is 0.845. The molecular formula is C20H31N5S. The standard InChI is InChI=1S/C20H31N5S/c1-5-18-14-23-19(26-18)11-12-22-20(21-3)24-13-16(2)25(4)15-17-9-7-6-8-10-17/h6-10,14,16H,5,11-13,15H2,1-4H3,(H2,21,22,24). The maximum atomic E-state index is 4.46. The lowest BCUT2D eigenvalue weighted by Gasteiger charge is -2.25. The number of aliphatic imine (C=N–C) groups is 1. The van der Waals surface area contributed by atoms with E-state index in [2.05, 4.69) is 76.7 Å².